The lowest BCUT2D eigenvalue weighted by molar-refractivity contribution is -0.130. The number of benzene rings is 1. The average Bonchev–Trinajstić information content (AvgIpc) is 3.47. The van der Waals surface area contributed by atoms with Gasteiger partial charge in [0.2, 0.25) is 5.78 Å². The molecule has 148 valence electrons. The molecule has 0 unspecified atom stereocenters. The molecule has 0 saturated heterocycles. The van der Waals surface area contributed by atoms with Crippen molar-refractivity contribution in [3.05, 3.63) is 89.5 Å². The Morgan fingerprint density at radius 3 is 2.62 bits per heavy atom. The van der Waals surface area contributed by atoms with E-state index in [4.69, 9.17) is 13.6 Å². The minimum Gasteiger partial charge on any atom is -0.503 e. The van der Waals surface area contributed by atoms with E-state index in [1.165, 1.54) is 23.5 Å². The lowest BCUT2D eigenvalue weighted by Crippen LogP contribution is -2.30. The highest BCUT2D eigenvalue weighted by atomic mass is 16.5. The van der Waals surface area contributed by atoms with Crippen molar-refractivity contribution in [1.82, 2.24) is 4.90 Å². The van der Waals surface area contributed by atoms with Gasteiger partial charge < -0.3 is 23.6 Å². The van der Waals surface area contributed by atoms with Gasteiger partial charge in [-0.3, -0.25) is 9.59 Å². The Bertz CT molecular complexity index is 1050. The summed E-state index contributed by atoms with van der Waals surface area (Å²) in [6.07, 6.45) is 2.87. The van der Waals surface area contributed by atoms with E-state index in [1.807, 2.05) is 6.92 Å². The van der Waals surface area contributed by atoms with Gasteiger partial charge in [-0.25, -0.2) is 0 Å². The van der Waals surface area contributed by atoms with Gasteiger partial charge in [-0.2, -0.15) is 0 Å². The zero-order valence-electron chi connectivity index (χ0n) is 15.7. The number of aliphatic hydroxyl groups is 1. The predicted molar refractivity (Wildman–Crippen MR) is 102 cm³/mol. The SMILES string of the molecule is CCOc1cccc([C@H]2C(C(=O)c3ccco3)=C(O)C(=O)N2Cc2ccco2)c1. The van der Waals surface area contributed by atoms with E-state index in [0.717, 1.165) is 0 Å². The summed E-state index contributed by atoms with van der Waals surface area (Å²) in [6.45, 7) is 2.43. The molecule has 2 aromatic heterocycles. The zero-order chi connectivity index (χ0) is 20.4. The maximum atomic E-state index is 13.1. The molecule has 0 bridgehead atoms. The number of furan rings is 2. The number of carbonyl (C=O) groups is 2. The number of aliphatic hydroxyl groups excluding tert-OH is 1. The normalized spacial score (nSPS) is 16.5. The van der Waals surface area contributed by atoms with Crippen molar-refractivity contribution in [1.29, 1.82) is 0 Å². The van der Waals surface area contributed by atoms with Crippen LogP contribution in [-0.4, -0.2) is 28.3 Å². The summed E-state index contributed by atoms with van der Waals surface area (Å²) in [5.74, 6) is -0.608. The standard InChI is InChI=1S/C22H19NO6/c1-2-27-15-7-3-6-14(12-15)19-18(20(24)17-9-5-11-29-17)21(25)22(26)23(19)13-16-8-4-10-28-16/h3-12,19,25H,2,13H2,1H3/t19-/m0/s1. The number of hydrogen-bond acceptors (Lipinski definition) is 6. The first-order valence-electron chi connectivity index (χ1n) is 9.17. The van der Waals surface area contributed by atoms with Crippen LogP contribution < -0.4 is 4.74 Å². The quantitative estimate of drug-likeness (QED) is 0.609. The summed E-state index contributed by atoms with van der Waals surface area (Å²) < 4.78 is 16.1. The molecule has 1 atom stereocenters. The molecule has 0 saturated carbocycles. The van der Waals surface area contributed by atoms with Gasteiger partial charge >= 0.3 is 0 Å². The molecule has 4 rings (SSSR count). The summed E-state index contributed by atoms with van der Waals surface area (Å²) in [7, 11) is 0. The Hall–Kier alpha value is -3.74. The van der Waals surface area contributed by atoms with E-state index in [-0.39, 0.29) is 17.9 Å². The zero-order valence-corrected chi connectivity index (χ0v) is 15.7. The van der Waals surface area contributed by atoms with Crippen LogP contribution in [-0.2, 0) is 11.3 Å². The van der Waals surface area contributed by atoms with E-state index in [9.17, 15) is 14.7 Å². The molecular formula is C22H19NO6. The molecule has 1 aliphatic rings. The van der Waals surface area contributed by atoms with Crippen LogP contribution in [0.5, 0.6) is 5.75 Å². The molecule has 29 heavy (non-hydrogen) atoms. The number of Topliss-reactive ketones (excluding diaryl/α,β-unsaturated/α-hetero) is 1. The monoisotopic (exact) mass is 393 g/mol. The van der Waals surface area contributed by atoms with E-state index >= 15 is 0 Å². The fourth-order valence-corrected chi connectivity index (χ4v) is 3.45. The second-order valence-electron chi connectivity index (χ2n) is 6.49. The average molecular weight is 393 g/mol. The van der Waals surface area contributed by atoms with Gasteiger partial charge in [-0.05, 0) is 48.9 Å². The Balaban J connectivity index is 1.80. The minimum atomic E-state index is -0.814. The molecule has 1 aliphatic heterocycles. The molecule has 1 amide bonds. The Morgan fingerprint density at radius 2 is 1.93 bits per heavy atom. The molecule has 7 nitrogen and oxygen atoms in total. The summed E-state index contributed by atoms with van der Waals surface area (Å²) in [5.41, 5.74) is 0.597. The molecule has 7 heteroatoms. The van der Waals surface area contributed by atoms with Gasteiger partial charge in [-0.15, -0.1) is 0 Å². The van der Waals surface area contributed by atoms with Crippen LogP contribution >= 0.6 is 0 Å². The number of carbonyl (C=O) groups excluding carboxylic acids is 2. The third-order valence-electron chi connectivity index (χ3n) is 4.68. The fourth-order valence-electron chi connectivity index (χ4n) is 3.45. The molecule has 3 aromatic rings. The lowest BCUT2D eigenvalue weighted by Gasteiger charge is -2.26. The van der Waals surface area contributed by atoms with Crippen molar-refractivity contribution in [2.24, 2.45) is 0 Å². The summed E-state index contributed by atoms with van der Waals surface area (Å²) in [6, 6.07) is 12.8. The molecule has 3 heterocycles. The smallest absolute Gasteiger partial charge is 0.290 e. The Morgan fingerprint density at radius 1 is 1.14 bits per heavy atom. The van der Waals surface area contributed by atoms with Crippen LogP contribution in [0.15, 0.2) is 81.2 Å². The highest BCUT2D eigenvalue weighted by Gasteiger charge is 2.44. The molecular weight excluding hydrogens is 374 g/mol. The van der Waals surface area contributed by atoms with Crippen LogP contribution in [0.3, 0.4) is 0 Å². The van der Waals surface area contributed by atoms with Crippen molar-refractivity contribution in [2.75, 3.05) is 6.61 Å². The van der Waals surface area contributed by atoms with Crippen LogP contribution in [0.25, 0.3) is 0 Å². The molecule has 1 aromatic carbocycles. The summed E-state index contributed by atoms with van der Waals surface area (Å²) in [5, 5.41) is 10.6. The third kappa shape index (κ3) is 3.42. The summed E-state index contributed by atoms with van der Waals surface area (Å²) in [4.78, 5) is 27.3. The molecule has 0 spiro atoms. The van der Waals surface area contributed by atoms with Crippen molar-refractivity contribution in [3.63, 3.8) is 0 Å². The number of nitrogens with zero attached hydrogens (tertiary/aromatic N) is 1. The van der Waals surface area contributed by atoms with Crippen molar-refractivity contribution in [3.8, 4) is 5.75 Å². The van der Waals surface area contributed by atoms with Crippen molar-refractivity contribution in [2.45, 2.75) is 19.5 Å². The van der Waals surface area contributed by atoms with Gasteiger partial charge in [-0.1, -0.05) is 12.1 Å². The van der Waals surface area contributed by atoms with Gasteiger partial charge in [0.25, 0.3) is 5.91 Å². The number of hydrogen-bond donors (Lipinski definition) is 1. The largest absolute Gasteiger partial charge is 0.503 e. The van der Waals surface area contributed by atoms with Crippen LogP contribution in [0.2, 0.25) is 0 Å². The highest BCUT2D eigenvalue weighted by molar-refractivity contribution is 6.14. The first-order valence-corrected chi connectivity index (χ1v) is 9.17. The van der Waals surface area contributed by atoms with E-state index < -0.39 is 23.5 Å². The topological polar surface area (TPSA) is 93.1 Å². The van der Waals surface area contributed by atoms with Gasteiger partial charge in [0.05, 0.1) is 37.3 Å². The second kappa shape index (κ2) is 7.71. The predicted octanol–water partition coefficient (Wildman–Crippen LogP) is 4.05. The highest BCUT2D eigenvalue weighted by Crippen LogP contribution is 2.40. The minimum absolute atomic E-state index is 0.0369. The maximum absolute atomic E-state index is 13.1. The first-order chi connectivity index (χ1) is 14.1. The molecule has 0 aliphatic carbocycles. The van der Waals surface area contributed by atoms with Crippen LogP contribution in [0.1, 0.15) is 34.8 Å². The maximum Gasteiger partial charge on any atom is 0.290 e. The van der Waals surface area contributed by atoms with Crippen molar-refractivity contribution >= 4 is 11.7 Å². The third-order valence-corrected chi connectivity index (χ3v) is 4.68. The van der Waals surface area contributed by atoms with E-state index in [0.29, 0.717) is 23.7 Å². The Labute approximate surface area is 166 Å². The van der Waals surface area contributed by atoms with Gasteiger partial charge in [0, 0.05) is 0 Å². The number of ether oxygens (including phenoxy) is 1. The molecule has 0 fully saturated rings. The number of rotatable bonds is 7. The number of ketones is 1. The molecule has 0 radical (unpaired) electrons. The van der Waals surface area contributed by atoms with Crippen LogP contribution in [0, 0.1) is 0 Å². The van der Waals surface area contributed by atoms with Crippen LogP contribution in [0.4, 0.5) is 0 Å². The first kappa shape index (κ1) is 18.6. The summed E-state index contributed by atoms with van der Waals surface area (Å²) >= 11 is 0. The lowest BCUT2D eigenvalue weighted by atomic mass is 9.95. The van der Waals surface area contributed by atoms with Gasteiger partial charge in [0.15, 0.2) is 11.5 Å². The van der Waals surface area contributed by atoms with Crippen molar-refractivity contribution < 1.29 is 28.3 Å². The van der Waals surface area contributed by atoms with Gasteiger partial charge in [0.1, 0.15) is 11.5 Å². The molecule has 1 N–H and O–H groups in total. The van der Waals surface area contributed by atoms with E-state index in [2.05, 4.69) is 0 Å². The fraction of sp³-hybridized carbons (Fsp3) is 0.182. The number of amides is 1. The Kier molecular flexibility index (Phi) is 4.95. The second-order valence-corrected chi connectivity index (χ2v) is 6.49. The van der Waals surface area contributed by atoms with E-state index in [1.54, 1.807) is 42.5 Å².